The van der Waals surface area contributed by atoms with Crippen molar-refractivity contribution in [3.63, 3.8) is 0 Å². The molecule has 1 saturated carbocycles. The molecule has 1 aliphatic carbocycles. The van der Waals surface area contributed by atoms with E-state index >= 15 is 0 Å². The van der Waals surface area contributed by atoms with Crippen LogP contribution in [0, 0.1) is 10.1 Å². The van der Waals surface area contributed by atoms with E-state index in [9.17, 15) is 14.9 Å². The van der Waals surface area contributed by atoms with Gasteiger partial charge < -0.3 is 11.1 Å². The van der Waals surface area contributed by atoms with E-state index in [1.54, 1.807) is 0 Å². The van der Waals surface area contributed by atoms with E-state index in [1.165, 1.54) is 42.7 Å². The minimum atomic E-state index is -0.493. The Bertz CT molecular complexity index is 752. The van der Waals surface area contributed by atoms with Gasteiger partial charge in [0.2, 0.25) is 0 Å². The molecule has 3 N–H and O–H groups in total. The van der Waals surface area contributed by atoms with Crippen LogP contribution in [0.15, 0.2) is 42.5 Å². The molecular formula is C17H17N3O3. The van der Waals surface area contributed by atoms with Gasteiger partial charge in [-0.15, -0.1) is 0 Å². The van der Waals surface area contributed by atoms with Crippen molar-refractivity contribution in [2.45, 2.75) is 25.3 Å². The monoisotopic (exact) mass is 311 g/mol. The lowest BCUT2D eigenvalue weighted by Crippen LogP contribution is -2.14. The number of non-ortho nitro benzene ring substituents is 1. The molecule has 1 aliphatic rings. The molecule has 1 amide bonds. The first-order chi connectivity index (χ1) is 11.1. The van der Waals surface area contributed by atoms with Crippen LogP contribution in [0.5, 0.6) is 0 Å². The van der Waals surface area contributed by atoms with E-state index in [1.807, 2.05) is 12.1 Å². The average molecular weight is 311 g/mol. The number of nitrogens with one attached hydrogen (secondary N) is 1. The summed E-state index contributed by atoms with van der Waals surface area (Å²) in [6.07, 6.45) is 2.36. The zero-order valence-corrected chi connectivity index (χ0v) is 12.5. The van der Waals surface area contributed by atoms with Crippen molar-refractivity contribution in [1.29, 1.82) is 0 Å². The number of hydrogen-bond acceptors (Lipinski definition) is 4. The Morgan fingerprint density at radius 2 is 1.91 bits per heavy atom. The number of anilines is 1. The van der Waals surface area contributed by atoms with Gasteiger partial charge in [0.05, 0.1) is 4.92 Å². The van der Waals surface area contributed by atoms with Crippen LogP contribution in [0.3, 0.4) is 0 Å². The van der Waals surface area contributed by atoms with Crippen molar-refractivity contribution in [1.82, 2.24) is 0 Å². The zero-order chi connectivity index (χ0) is 16.4. The molecule has 0 atom stereocenters. The molecule has 0 aromatic heterocycles. The third-order valence-corrected chi connectivity index (χ3v) is 3.99. The van der Waals surface area contributed by atoms with Crippen molar-refractivity contribution in [2.75, 3.05) is 5.32 Å². The topological polar surface area (TPSA) is 98.3 Å². The number of hydrogen-bond donors (Lipinski definition) is 2. The summed E-state index contributed by atoms with van der Waals surface area (Å²) in [5.74, 6) is 0.277. The summed E-state index contributed by atoms with van der Waals surface area (Å²) in [6.45, 7) is 0.334. The molecule has 0 bridgehead atoms. The normalized spacial score (nSPS) is 13.6. The molecule has 2 aromatic rings. The lowest BCUT2D eigenvalue weighted by molar-refractivity contribution is -0.384. The molecule has 0 spiro atoms. The molecule has 0 heterocycles. The molecule has 0 radical (unpaired) electrons. The third-order valence-electron chi connectivity index (χ3n) is 3.99. The maximum atomic E-state index is 12.3. The van der Waals surface area contributed by atoms with E-state index in [2.05, 4.69) is 11.4 Å². The van der Waals surface area contributed by atoms with E-state index in [-0.39, 0.29) is 11.6 Å². The summed E-state index contributed by atoms with van der Waals surface area (Å²) < 4.78 is 0. The molecular weight excluding hydrogens is 294 g/mol. The van der Waals surface area contributed by atoms with Gasteiger partial charge in [-0.3, -0.25) is 14.9 Å². The van der Waals surface area contributed by atoms with Gasteiger partial charge in [-0.1, -0.05) is 12.1 Å². The fourth-order valence-electron chi connectivity index (χ4n) is 2.49. The lowest BCUT2D eigenvalue weighted by atomic mass is 10.0. The number of amides is 1. The molecule has 0 saturated heterocycles. The van der Waals surface area contributed by atoms with Crippen LogP contribution in [0.4, 0.5) is 11.4 Å². The Morgan fingerprint density at radius 3 is 2.48 bits per heavy atom. The summed E-state index contributed by atoms with van der Waals surface area (Å²) >= 11 is 0. The van der Waals surface area contributed by atoms with Gasteiger partial charge in [0, 0.05) is 29.9 Å². The molecule has 6 nitrogen and oxygen atoms in total. The maximum Gasteiger partial charge on any atom is 0.269 e. The highest BCUT2D eigenvalue weighted by atomic mass is 16.6. The van der Waals surface area contributed by atoms with Gasteiger partial charge in [0.15, 0.2) is 0 Å². The van der Waals surface area contributed by atoms with Crippen LogP contribution in [0.1, 0.15) is 40.2 Å². The number of nitrogens with zero attached hydrogens (tertiary/aromatic N) is 1. The van der Waals surface area contributed by atoms with E-state index in [0.717, 1.165) is 5.56 Å². The number of carbonyl (C=O) groups excluding carboxylic acids is 1. The van der Waals surface area contributed by atoms with Crippen LogP contribution in [-0.4, -0.2) is 10.8 Å². The van der Waals surface area contributed by atoms with Gasteiger partial charge in [-0.05, 0) is 48.1 Å². The van der Waals surface area contributed by atoms with Crippen molar-refractivity contribution < 1.29 is 9.72 Å². The number of carbonyl (C=O) groups is 1. The second-order valence-corrected chi connectivity index (χ2v) is 5.65. The van der Waals surface area contributed by atoms with Gasteiger partial charge in [0.25, 0.3) is 11.6 Å². The van der Waals surface area contributed by atoms with E-state index in [4.69, 9.17) is 5.73 Å². The predicted molar refractivity (Wildman–Crippen MR) is 87.4 cm³/mol. The smallest absolute Gasteiger partial charge is 0.269 e. The number of nitrogens with two attached hydrogens (primary N) is 1. The fraction of sp³-hybridized carbons (Fsp3) is 0.235. The minimum absolute atomic E-state index is 0.0417. The van der Waals surface area contributed by atoms with E-state index < -0.39 is 4.92 Å². The lowest BCUT2D eigenvalue weighted by Gasteiger charge is -2.12. The number of rotatable bonds is 5. The van der Waals surface area contributed by atoms with Gasteiger partial charge in [0.1, 0.15) is 0 Å². The Hall–Kier alpha value is -2.73. The highest BCUT2D eigenvalue weighted by molar-refractivity contribution is 6.04. The summed E-state index contributed by atoms with van der Waals surface area (Å²) in [6, 6.07) is 11.5. The first-order valence-corrected chi connectivity index (χ1v) is 7.47. The largest absolute Gasteiger partial charge is 0.326 e. The number of benzene rings is 2. The van der Waals surface area contributed by atoms with Crippen LogP contribution in [0.25, 0.3) is 0 Å². The zero-order valence-electron chi connectivity index (χ0n) is 12.5. The van der Waals surface area contributed by atoms with Crippen molar-refractivity contribution in [3.05, 3.63) is 69.3 Å². The molecule has 118 valence electrons. The second-order valence-electron chi connectivity index (χ2n) is 5.65. The number of nitro benzene ring substituents is 1. The first-order valence-electron chi connectivity index (χ1n) is 7.47. The average Bonchev–Trinajstić information content (AvgIpc) is 3.39. The molecule has 2 aromatic carbocycles. The fourth-order valence-corrected chi connectivity index (χ4v) is 2.49. The predicted octanol–water partition coefficient (Wildman–Crippen LogP) is 3.18. The third kappa shape index (κ3) is 3.37. The summed E-state index contributed by atoms with van der Waals surface area (Å²) in [7, 11) is 0. The Morgan fingerprint density at radius 1 is 1.22 bits per heavy atom. The molecule has 0 unspecified atom stereocenters. The van der Waals surface area contributed by atoms with Crippen molar-refractivity contribution in [3.8, 4) is 0 Å². The molecule has 6 heteroatoms. The highest BCUT2D eigenvalue weighted by Crippen LogP contribution is 2.41. The second kappa shape index (κ2) is 6.18. The van der Waals surface area contributed by atoms with Crippen LogP contribution in [0.2, 0.25) is 0 Å². The summed E-state index contributed by atoms with van der Waals surface area (Å²) in [5, 5.41) is 13.5. The minimum Gasteiger partial charge on any atom is -0.326 e. The van der Waals surface area contributed by atoms with Crippen LogP contribution >= 0.6 is 0 Å². The number of nitro groups is 1. The van der Waals surface area contributed by atoms with Crippen LogP contribution < -0.4 is 11.1 Å². The molecule has 1 fully saturated rings. The van der Waals surface area contributed by atoms with Gasteiger partial charge in [-0.2, -0.15) is 0 Å². The first kappa shape index (κ1) is 15.2. The van der Waals surface area contributed by atoms with Crippen LogP contribution in [-0.2, 0) is 6.54 Å². The summed E-state index contributed by atoms with van der Waals surface area (Å²) in [4.78, 5) is 22.5. The SMILES string of the molecule is NCc1ccc(C2CC2)cc1NC(=O)c1ccc([N+](=O)[O-])cc1. The standard InChI is InChI=1S/C17H17N3O3/c18-10-14-4-3-13(11-1-2-11)9-16(14)19-17(21)12-5-7-15(8-6-12)20(22)23/h3-9,11H,1-2,10,18H2,(H,19,21). The van der Waals surface area contributed by atoms with Crippen molar-refractivity contribution in [2.24, 2.45) is 5.73 Å². The molecule has 23 heavy (non-hydrogen) atoms. The van der Waals surface area contributed by atoms with E-state index in [0.29, 0.717) is 23.7 Å². The Kier molecular flexibility index (Phi) is 4.08. The summed E-state index contributed by atoms with van der Waals surface area (Å²) in [5.41, 5.74) is 8.85. The van der Waals surface area contributed by atoms with Gasteiger partial charge in [-0.25, -0.2) is 0 Å². The maximum absolute atomic E-state index is 12.3. The molecule has 0 aliphatic heterocycles. The molecule has 3 rings (SSSR count). The quantitative estimate of drug-likeness (QED) is 0.654. The van der Waals surface area contributed by atoms with Crippen molar-refractivity contribution >= 4 is 17.3 Å². The highest BCUT2D eigenvalue weighted by Gasteiger charge is 2.24. The Labute approximate surface area is 133 Å². The van der Waals surface area contributed by atoms with Gasteiger partial charge >= 0.3 is 0 Å². The Balaban J connectivity index is 1.81.